The van der Waals surface area contributed by atoms with Crippen LogP contribution in [-0.2, 0) is 19.0 Å². The van der Waals surface area contributed by atoms with Crippen molar-refractivity contribution in [3.8, 4) is 0 Å². The summed E-state index contributed by atoms with van der Waals surface area (Å²) in [5.74, 6) is -0.267. The van der Waals surface area contributed by atoms with Gasteiger partial charge in [0.1, 0.15) is 0 Å². The Bertz CT molecular complexity index is 584. The van der Waals surface area contributed by atoms with E-state index >= 15 is 0 Å². The zero-order valence-corrected chi connectivity index (χ0v) is 12.9. The van der Waals surface area contributed by atoms with Crippen molar-refractivity contribution in [1.29, 1.82) is 0 Å². The van der Waals surface area contributed by atoms with Gasteiger partial charge in [-0.3, -0.25) is 4.79 Å². The Morgan fingerprint density at radius 3 is 2.96 bits per heavy atom. The van der Waals surface area contributed by atoms with E-state index in [1.165, 1.54) is 7.11 Å². The third-order valence-electron chi connectivity index (χ3n) is 3.42. The number of carbonyl (C=O) groups excluding carboxylic acids is 1. The summed E-state index contributed by atoms with van der Waals surface area (Å²) in [5, 5.41) is 3.71. The maximum Gasteiger partial charge on any atom is 0.305 e. The molecule has 3 atom stereocenters. The van der Waals surface area contributed by atoms with Crippen LogP contribution in [0.2, 0.25) is 0 Å². The molecule has 0 saturated carbocycles. The molecule has 7 heteroatoms. The Morgan fingerprint density at radius 1 is 1.48 bits per heavy atom. The topological polar surface area (TPSA) is 93.5 Å². The average molecular weight is 317 g/mol. The van der Waals surface area contributed by atoms with Crippen molar-refractivity contribution in [2.75, 3.05) is 13.7 Å². The van der Waals surface area contributed by atoms with Crippen LogP contribution in [-0.4, -0.2) is 31.8 Å². The predicted molar refractivity (Wildman–Crippen MR) is 83.3 cm³/mol. The minimum atomic E-state index is -0.503. The van der Waals surface area contributed by atoms with Crippen LogP contribution in [0.15, 0.2) is 47.6 Å². The number of ether oxygens (including phenoxy) is 3. The van der Waals surface area contributed by atoms with Crippen LogP contribution >= 0.6 is 0 Å². The smallest absolute Gasteiger partial charge is 0.305 e. The lowest BCUT2D eigenvalue weighted by Gasteiger charge is -2.33. The molecule has 1 aromatic carbocycles. The highest BCUT2D eigenvalue weighted by Crippen LogP contribution is 2.28. The Hall–Kier alpha value is -2.34. The minimum Gasteiger partial charge on any atom is -0.469 e. The first-order chi connectivity index (χ1) is 11.2. The fraction of sp³-hybridized carbons (Fsp3) is 0.438. The molecule has 0 amide bonds. The maximum absolute atomic E-state index is 11.1. The molecule has 1 saturated heterocycles. The van der Waals surface area contributed by atoms with Crippen LogP contribution in [0, 0.1) is 0 Å². The van der Waals surface area contributed by atoms with Gasteiger partial charge in [0, 0.05) is 16.9 Å². The van der Waals surface area contributed by atoms with Crippen LogP contribution in [0.25, 0.3) is 10.4 Å². The fourth-order valence-corrected chi connectivity index (χ4v) is 2.21. The third kappa shape index (κ3) is 5.10. The number of carbonyl (C=O) groups is 1. The van der Waals surface area contributed by atoms with Crippen molar-refractivity contribution in [3.63, 3.8) is 0 Å². The van der Waals surface area contributed by atoms with Crippen LogP contribution in [0.5, 0.6) is 0 Å². The highest BCUT2D eigenvalue weighted by Gasteiger charge is 2.30. The number of hydrogen-bond acceptors (Lipinski definition) is 5. The summed E-state index contributed by atoms with van der Waals surface area (Å²) in [6.07, 6.45) is 3.56. The molecule has 0 radical (unpaired) electrons. The molecular weight excluding hydrogens is 298 g/mol. The quantitative estimate of drug-likeness (QED) is 0.264. The van der Waals surface area contributed by atoms with E-state index in [1.807, 2.05) is 36.4 Å². The van der Waals surface area contributed by atoms with E-state index < -0.39 is 18.4 Å². The van der Waals surface area contributed by atoms with E-state index in [0.29, 0.717) is 12.8 Å². The average Bonchev–Trinajstić information content (AvgIpc) is 2.60. The molecule has 1 aromatic rings. The molecule has 1 aliphatic rings. The molecule has 0 unspecified atom stereocenters. The molecule has 1 heterocycles. The molecule has 122 valence electrons. The number of nitrogens with zero attached hydrogens (tertiary/aromatic N) is 3. The number of esters is 1. The first-order valence-electron chi connectivity index (χ1n) is 7.34. The van der Waals surface area contributed by atoms with Crippen molar-refractivity contribution in [2.24, 2.45) is 5.11 Å². The fourth-order valence-electron chi connectivity index (χ4n) is 2.21. The van der Waals surface area contributed by atoms with Gasteiger partial charge in [0.05, 0.1) is 25.9 Å². The van der Waals surface area contributed by atoms with Crippen LogP contribution in [0.4, 0.5) is 0 Å². The van der Waals surface area contributed by atoms with Crippen LogP contribution < -0.4 is 0 Å². The van der Waals surface area contributed by atoms with Gasteiger partial charge in [-0.2, -0.15) is 0 Å². The summed E-state index contributed by atoms with van der Waals surface area (Å²) in [7, 11) is 1.36. The molecular formula is C16H19N3O4. The van der Waals surface area contributed by atoms with Crippen molar-refractivity contribution in [3.05, 3.63) is 58.5 Å². The first-order valence-corrected chi connectivity index (χ1v) is 7.34. The Balaban J connectivity index is 2.00. The maximum atomic E-state index is 11.1. The van der Waals surface area contributed by atoms with E-state index in [1.54, 1.807) is 6.08 Å². The summed E-state index contributed by atoms with van der Waals surface area (Å²) in [5.41, 5.74) is 9.56. The number of allylic oxidation sites excluding steroid dienone is 1. The lowest BCUT2D eigenvalue weighted by Crippen LogP contribution is -2.37. The highest BCUT2D eigenvalue weighted by atomic mass is 16.7. The summed E-state index contributed by atoms with van der Waals surface area (Å²) >= 11 is 0. The van der Waals surface area contributed by atoms with E-state index in [0.717, 1.165) is 5.56 Å². The molecule has 0 spiro atoms. The number of rotatable bonds is 6. The molecule has 0 N–H and O–H groups in total. The van der Waals surface area contributed by atoms with Gasteiger partial charge in [0.15, 0.2) is 6.29 Å². The van der Waals surface area contributed by atoms with Gasteiger partial charge in [-0.15, -0.1) is 0 Å². The van der Waals surface area contributed by atoms with Crippen molar-refractivity contribution in [2.45, 2.75) is 31.3 Å². The number of hydrogen-bond donors (Lipinski definition) is 0. The summed E-state index contributed by atoms with van der Waals surface area (Å²) in [6, 6.07) is 9.12. The molecule has 0 aromatic heterocycles. The Kier molecular flexibility index (Phi) is 6.62. The summed E-state index contributed by atoms with van der Waals surface area (Å²) in [6.45, 7) is 0.273. The van der Waals surface area contributed by atoms with E-state index in [-0.39, 0.29) is 12.6 Å². The number of methoxy groups -OCH3 is 1. The first kappa shape index (κ1) is 17.0. The van der Waals surface area contributed by atoms with Gasteiger partial charge in [-0.25, -0.2) is 0 Å². The zero-order valence-electron chi connectivity index (χ0n) is 12.9. The Morgan fingerprint density at radius 2 is 2.26 bits per heavy atom. The second kappa shape index (κ2) is 8.95. The predicted octanol–water partition coefficient (Wildman–Crippen LogP) is 3.29. The number of benzene rings is 1. The molecule has 0 aliphatic carbocycles. The SMILES string of the molecule is COC(=O)CC/C=C/[C@H]1O[C@@H](c2ccccc2)OC[C@@H]1N=[N+]=[N-]. The van der Waals surface area contributed by atoms with Crippen molar-refractivity contribution >= 4 is 5.97 Å². The molecule has 1 aliphatic heterocycles. The summed E-state index contributed by atoms with van der Waals surface area (Å²) in [4.78, 5) is 13.9. The normalized spacial score (nSPS) is 24.1. The minimum absolute atomic E-state index is 0.267. The van der Waals surface area contributed by atoms with E-state index in [2.05, 4.69) is 14.8 Å². The van der Waals surface area contributed by atoms with Gasteiger partial charge < -0.3 is 14.2 Å². The third-order valence-corrected chi connectivity index (χ3v) is 3.42. The van der Waals surface area contributed by atoms with Gasteiger partial charge in [-0.1, -0.05) is 47.6 Å². The molecule has 2 rings (SSSR count). The largest absolute Gasteiger partial charge is 0.469 e. The number of azide groups is 1. The van der Waals surface area contributed by atoms with Crippen molar-refractivity contribution in [1.82, 2.24) is 0 Å². The van der Waals surface area contributed by atoms with Gasteiger partial charge >= 0.3 is 5.97 Å². The van der Waals surface area contributed by atoms with Gasteiger partial charge in [0.25, 0.3) is 0 Å². The summed E-state index contributed by atoms with van der Waals surface area (Å²) < 4.78 is 16.1. The van der Waals surface area contributed by atoms with Crippen LogP contribution in [0.1, 0.15) is 24.7 Å². The lowest BCUT2D eigenvalue weighted by atomic mass is 10.1. The second-order valence-corrected chi connectivity index (χ2v) is 4.99. The van der Waals surface area contributed by atoms with Gasteiger partial charge in [0.2, 0.25) is 0 Å². The highest BCUT2D eigenvalue weighted by molar-refractivity contribution is 5.69. The lowest BCUT2D eigenvalue weighted by molar-refractivity contribution is -0.212. The van der Waals surface area contributed by atoms with Gasteiger partial charge in [-0.05, 0) is 12.0 Å². The van der Waals surface area contributed by atoms with Crippen molar-refractivity contribution < 1.29 is 19.0 Å². The monoisotopic (exact) mass is 317 g/mol. The molecule has 0 bridgehead atoms. The van der Waals surface area contributed by atoms with E-state index in [9.17, 15) is 4.79 Å². The second-order valence-electron chi connectivity index (χ2n) is 4.99. The molecule has 1 fully saturated rings. The molecule has 23 heavy (non-hydrogen) atoms. The Labute approximate surface area is 134 Å². The molecule has 7 nitrogen and oxygen atoms in total. The zero-order chi connectivity index (χ0) is 16.5. The standard InChI is InChI=1S/C16H19N3O4/c1-21-15(20)10-6-5-9-14-13(18-19-17)11-22-16(23-14)12-7-3-2-4-8-12/h2-5,7-9,13-14,16H,6,10-11H2,1H3/b9-5+/t13-,14+,16-/m0/s1. The van der Waals surface area contributed by atoms with Crippen LogP contribution in [0.3, 0.4) is 0 Å². The van der Waals surface area contributed by atoms with E-state index in [4.69, 9.17) is 15.0 Å².